The molecule has 0 saturated carbocycles. The molecule has 0 aliphatic carbocycles. The molecule has 0 fully saturated rings. The van der Waals surface area contributed by atoms with Crippen LogP contribution in [-0.2, 0) is 0 Å². The third kappa shape index (κ3) is 1.87. The number of nitrogens with one attached hydrogen (secondary N) is 1. The number of aromatic amines is 1. The maximum absolute atomic E-state index is 12.5. The van der Waals surface area contributed by atoms with E-state index in [1.807, 2.05) is 25.1 Å². The van der Waals surface area contributed by atoms with Crippen molar-refractivity contribution in [2.75, 3.05) is 5.73 Å². The van der Waals surface area contributed by atoms with E-state index in [2.05, 4.69) is 9.97 Å². The molecule has 0 atom stereocenters. The van der Waals surface area contributed by atoms with Crippen molar-refractivity contribution in [3.63, 3.8) is 0 Å². The second-order valence-corrected chi connectivity index (χ2v) is 4.52. The maximum atomic E-state index is 12.5. The minimum Gasteiger partial charge on any atom is -0.383 e. The number of hydrogen-bond acceptors (Lipinski definition) is 3. The maximum Gasteiger partial charge on any atom is 0.198 e. The molecule has 0 spiro atoms. The summed E-state index contributed by atoms with van der Waals surface area (Å²) in [5.41, 5.74) is 8.91. The predicted molar refractivity (Wildman–Crippen MR) is 75.1 cm³/mol. The van der Waals surface area contributed by atoms with Crippen LogP contribution in [0.3, 0.4) is 0 Å². The van der Waals surface area contributed by atoms with Crippen LogP contribution in [0, 0.1) is 6.92 Å². The van der Waals surface area contributed by atoms with Crippen LogP contribution in [0.2, 0.25) is 0 Å². The number of aryl methyl sites for hydroxylation is 1. The minimum absolute atomic E-state index is 0.110. The first kappa shape index (κ1) is 11.5. The molecular weight excluding hydrogens is 238 g/mol. The molecule has 19 heavy (non-hydrogen) atoms. The lowest BCUT2D eigenvalue weighted by Gasteiger charge is -2.02. The highest BCUT2D eigenvalue weighted by Gasteiger charge is 2.16. The average molecular weight is 251 g/mol. The second kappa shape index (κ2) is 4.24. The second-order valence-electron chi connectivity index (χ2n) is 4.52. The first-order chi connectivity index (χ1) is 9.16. The zero-order chi connectivity index (χ0) is 13.4. The van der Waals surface area contributed by atoms with Gasteiger partial charge in [-0.1, -0.05) is 12.1 Å². The average Bonchev–Trinajstić information content (AvgIpc) is 2.81. The fourth-order valence-electron chi connectivity index (χ4n) is 2.18. The molecule has 0 amide bonds. The molecule has 4 heteroatoms. The number of hydrogen-bond donors (Lipinski definition) is 2. The normalized spacial score (nSPS) is 10.8. The molecule has 0 aliphatic rings. The monoisotopic (exact) mass is 251 g/mol. The van der Waals surface area contributed by atoms with Crippen LogP contribution in [0.4, 0.5) is 5.82 Å². The van der Waals surface area contributed by atoms with E-state index in [-0.39, 0.29) is 11.6 Å². The highest BCUT2D eigenvalue weighted by atomic mass is 16.1. The molecule has 94 valence electrons. The Hall–Kier alpha value is -2.62. The number of carbonyl (C=O) groups is 1. The number of aromatic nitrogens is 2. The minimum atomic E-state index is -0.110. The van der Waals surface area contributed by atoms with Gasteiger partial charge in [0.2, 0.25) is 0 Å². The van der Waals surface area contributed by atoms with Gasteiger partial charge in [0, 0.05) is 28.9 Å². The number of anilines is 1. The summed E-state index contributed by atoms with van der Waals surface area (Å²) in [5.74, 6) is 0.148. The van der Waals surface area contributed by atoms with Gasteiger partial charge in [-0.05, 0) is 30.7 Å². The number of nitrogens with two attached hydrogens (primary N) is 1. The number of benzene rings is 1. The molecule has 1 aromatic carbocycles. The molecule has 0 saturated heterocycles. The first-order valence-corrected chi connectivity index (χ1v) is 6.00. The summed E-state index contributed by atoms with van der Waals surface area (Å²) in [5, 5.41) is 0.902. The van der Waals surface area contributed by atoms with Crippen molar-refractivity contribution in [1.82, 2.24) is 9.97 Å². The third-order valence-corrected chi connectivity index (χ3v) is 3.17. The van der Waals surface area contributed by atoms with Gasteiger partial charge >= 0.3 is 0 Å². The lowest BCUT2D eigenvalue weighted by Crippen LogP contribution is -2.06. The van der Waals surface area contributed by atoms with Crippen molar-refractivity contribution in [3.8, 4) is 0 Å². The van der Waals surface area contributed by atoms with Gasteiger partial charge in [-0.15, -0.1) is 0 Å². The van der Waals surface area contributed by atoms with Crippen molar-refractivity contribution in [2.45, 2.75) is 6.92 Å². The quantitative estimate of drug-likeness (QED) is 0.688. The van der Waals surface area contributed by atoms with Crippen LogP contribution in [-0.4, -0.2) is 15.8 Å². The standard InChI is InChI=1S/C15H13N3O/c1-9-4-5-10-12(8-18-13(10)7-9)14(19)11-3-2-6-17-15(11)16/h2-8,18H,1H3,(H2,16,17). The van der Waals surface area contributed by atoms with E-state index in [4.69, 9.17) is 5.73 Å². The zero-order valence-corrected chi connectivity index (χ0v) is 10.5. The largest absolute Gasteiger partial charge is 0.383 e. The van der Waals surface area contributed by atoms with E-state index in [1.54, 1.807) is 24.5 Å². The Bertz CT molecular complexity index is 774. The van der Waals surface area contributed by atoms with Crippen molar-refractivity contribution < 1.29 is 4.79 Å². The number of pyridine rings is 1. The highest BCUT2D eigenvalue weighted by molar-refractivity contribution is 6.18. The Morgan fingerprint density at radius 2 is 2.11 bits per heavy atom. The van der Waals surface area contributed by atoms with E-state index in [9.17, 15) is 4.79 Å². The Kier molecular flexibility index (Phi) is 2.56. The van der Waals surface area contributed by atoms with Gasteiger partial charge < -0.3 is 10.7 Å². The molecule has 3 rings (SSSR count). The van der Waals surface area contributed by atoms with E-state index in [0.29, 0.717) is 11.1 Å². The van der Waals surface area contributed by atoms with Gasteiger partial charge in [0.15, 0.2) is 5.78 Å². The topological polar surface area (TPSA) is 71.8 Å². The predicted octanol–water partition coefficient (Wildman–Crippen LogP) is 2.68. The van der Waals surface area contributed by atoms with Crippen LogP contribution >= 0.6 is 0 Å². The summed E-state index contributed by atoms with van der Waals surface area (Å²) >= 11 is 0. The molecule has 2 aromatic heterocycles. The van der Waals surface area contributed by atoms with Crippen molar-refractivity contribution >= 4 is 22.5 Å². The van der Waals surface area contributed by atoms with Gasteiger partial charge in [0.1, 0.15) is 5.82 Å². The van der Waals surface area contributed by atoms with Gasteiger partial charge in [0.25, 0.3) is 0 Å². The molecular formula is C15H13N3O. The molecule has 3 N–H and O–H groups in total. The van der Waals surface area contributed by atoms with E-state index in [0.717, 1.165) is 16.5 Å². The molecule has 0 bridgehead atoms. The lowest BCUT2D eigenvalue weighted by atomic mass is 10.0. The summed E-state index contributed by atoms with van der Waals surface area (Å²) < 4.78 is 0. The Labute approximate surface area is 110 Å². The Morgan fingerprint density at radius 1 is 1.26 bits per heavy atom. The van der Waals surface area contributed by atoms with Gasteiger partial charge in [-0.3, -0.25) is 4.79 Å². The van der Waals surface area contributed by atoms with E-state index >= 15 is 0 Å². The van der Waals surface area contributed by atoms with Crippen molar-refractivity contribution in [2.24, 2.45) is 0 Å². The Morgan fingerprint density at radius 3 is 2.89 bits per heavy atom. The SMILES string of the molecule is Cc1ccc2c(C(=O)c3cccnc3N)c[nH]c2c1. The molecule has 0 aliphatic heterocycles. The van der Waals surface area contributed by atoms with Crippen LogP contribution in [0.15, 0.2) is 42.7 Å². The lowest BCUT2D eigenvalue weighted by molar-refractivity contribution is 0.104. The molecule has 0 unspecified atom stereocenters. The fraction of sp³-hybridized carbons (Fsp3) is 0.0667. The summed E-state index contributed by atoms with van der Waals surface area (Å²) in [6.07, 6.45) is 3.30. The van der Waals surface area contributed by atoms with Crippen LogP contribution in [0.1, 0.15) is 21.5 Å². The number of nitrogen functional groups attached to an aromatic ring is 1. The van der Waals surface area contributed by atoms with Crippen LogP contribution in [0.5, 0.6) is 0 Å². The van der Waals surface area contributed by atoms with Gasteiger partial charge in [0.05, 0.1) is 5.56 Å². The van der Waals surface area contributed by atoms with Crippen LogP contribution in [0.25, 0.3) is 10.9 Å². The number of carbonyl (C=O) groups excluding carboxylic acids is 1. The highest BCUT2D eigenvalue weighted by Crippen LogP contribution is 2.23. The number of fused-ring (bicyclic) bond motifs is 1. The summed E-state index contributed by atoms with van der Waals surface area (Å²) in [6, 6.07) is 9.35. The van der Waals surface area contributed by atoms with E-state index < -0.39 is 0 Å². The molecule has 3 aromatic rings. The first-order valence-electron chi connectivity index (χ1n) is 6.00. The number of H-pyrrole nitrogens is 1. The smallest absolute Gasteiger partial charge is 0.198 e. The van der Waals surface area contributed by atoms with Crippen molar-refractivity contribution in [3.05, 3.63) is 59.4 Å². The molecule has 4 nitrogen and oxygen atoms in total. The molecule has 2 heterocycles. The fourth-order valence-corrected chi connectivity index (χ4v) is 2.18. The number of nitrogens with zero attached hydrogens (tertiary/aromatic N) is 1. The molecule has 0 radical (unpaired) electrons. The van der Waals surface area contributed by atoms with Crippen molar-refractivity contribution in [1.29, 1.82) is 0 Å². The Balaban J connectivity index is 2.15. The third-order valence-electron chi connectivity index (χ3n) is 3.17. The number of ketones is 1. The van der Waals surface area contributed by atoms with Crippen LogP contribution < -0.4 is 5.73 Å². The van der Waals surface area contributed by atoms with Gasteiger partial charge in [-0.2, -0.15) is 0 Å². The summed E-state index contributed by atoms with van der Waals surface area (Å²) in [4.78, 5) is 19.6. The number of rotatable bonds is 2. The van der Waals surface area contributed by atoms with E-state index in [1.165, 1.54) is 0 Å². The summed E-state index contributed by atoms with van der Waals surface area (Å²) in [7, 11) is 0. The van der Waals surface area contributed by atoms with Gasteiger partial charge in [-0.25, -0.2) is 4.98 Å². The summed E-state index contributed by atoms with van der Waals surface area (Å²) in [6.45, 7) is 2.01. The zero-order valence-electron chi connectivity index (χ0n) is 10.5.